The standard InChI is InChI=1S/C24H22ClN3O4/c1-15(27-28-24(30)19-9-4-5-10-20(19)25)16-7-6-8-18(13-16)26-23(29)17-11-12-21(31-2)22(14-17)32-3/h4-14H,1-3H3,(H,26,29)(H,28,30)/b27-15-. The van der Waals surface area contributed by atoms with Crippen LogP contribution in [-0.2, 0) is 0 Å². The van der Waals surface area contributed by atoms with Crippen LogP contribution in [0.3, 0.4) is 0 Å². The first-order chi connectivity index (χ1) is 15.4. The molecule has 0 saturated heterocycles. The van der Waals surface area contributed by atoms with Crippen molar-refractivity contribution in [2.24, 2.45) is 5.10 Å². The summed E-state index contributed by atoms with van der Waals surface area (Å²) in [6.45, 7) is 1.75. The first kappa shape index (κ1) is 22.8. The average molecular weight is 452 g/mol. The number of halogens is 1. The number of hydrogen-bond donors (Lipinski definition) is 2. The average Bonchev–Trinajstić information content (AvgIpc) is 2.82. The molecular weight excluding hydrogens is 430 g/mol. The second kappa shape index (κ2) is 10.5. The number of nitrogens with zero attached hydrogens (tertiary/aromatic N) is 1. The quantitative estimate of drug-likeness (QED) is 0.400. The number of amides is 2. The molecule has 7 nitrogen and oxygen atoms in total. The van der Waals surface area contributed by atoms with Crippen LogP contribution < -0.4 is 20.2 Å². The maximum Gasteiger partial charge on any atom is 0.272 e. The molecule has 0 aromatic heterocycles. The highest BCUT2D eigenvalue weighted by Crippen LogP contribution is 2.28. The van der Waals surface area contributed by atoms with E-state index in [1.165, 1.54) is 14.2 Å². The van der Waals surface area contributed by atoms with Crippen molar-refractivity contribution < 1.29 is 19.1 Å². The summed E-state index contributed by atoms with van der Waals surface area (Å²) < 4.78 is 10.4. The summed E-state index contributed by atoms with van der Waals surface area (Å²) in [4.78, 5) is 24.9. The molecule has 164 valence electrons. The molecule has 2 amide bonds. The molecule has 0 unspecified atom stereocenters. The molecule has 0 heterocycles. The van der Waals surface area contributed by atoms with Crippen molar-refractivity contribution in [3.8, 4) is 11.5 Å². The molecule has 0 bridgehead atoms. The molecule has 0 aliphatic rings. The molecule has 0 aliphatic heterocycles. The van der Waals surface area contributed by atoms with Crippen LogP contribution in [0.5, 0.6) is 11.5 Å². The summed E-state index contributed by atoms with van der Waals surface area (Å²) in [7, 11) is 3.04. The van der Waals surface area contributed by atoms with Crippen LogP contribution in [0.4, 0.5) is 5.69 Å². The minimum atomic E-state index is -0.409. The lowest BCUT2D eigenvalue weighted by Gasteiger charge is -2.11. The lowest BCUT2D eigenvalue weighted by molar-refractivity contribution is 0.0954. The highest BCUT2D eigenvalue weighted by Gasteiger charge is 2.12. The minimum absolute atomic E-state index is 0.301. The maximum absolute atomic E-state index is 12.7. The molecular formula is C24H22ClN3O4. The SMILES string of the molecule is COc1ccc(C(=O)Nc2cccc(/C(C)=N\NC(=O)c3ccccc3Cl)c2)cc1OC. The van der Waals surface area contributed by atoms with E-state index < -0.39 is 5.91 Å². The summed E-state index contributed by atoms with van der Waals surface area (Å²) >= 11 is 6.04. The van der Waals surface area contributed by atoms with E-state index in [4.69, 9.17) is 21.1 Å². The largest absolute Gasteiger partial charge is 0.493 e. The Morgan fingerprint density at radius 3 is 2.31 bits per heavy atom. The monoisotopic (exact) mass is 451 g/mol. The lowest BCUT2D eigenvalue weighted by Crippen LogP contribution is -2.19. The Labute approximate surface area is 191 Å². The molecule has 3 aromatic carbocycles. The fourth-order valence-corrected chi connectivity index (χ4v) is 3.13. The van der Waals surface area contributed by atoms with Crippen molar-refractivity contribution in [3.05, 3.63) is 88.4 Å². The third kappa shape index (κ3) is 5.44. The van der Waals surface area contributed by atoms with Gasteiger partial charge in [0.1, 0.15) is 0 Å². The minimum Gasteiger partial charge on any atom is -0.493 e. The van der Waals surface area contributed by atoms with Crippen LogP contribution in [0.1, 0.15) is 33.2 Å². The third-order valence-corrected chi connectivity index (χ3v) is 4.96. The van der Waals surface area contributed by atoms with E-state index in [1.807, 2.05) is 6.07 Å². The van der Waals surface area contributed by atoms with Gasteiger partial charge >= 0.3 is 0 Å². The molecule has 0 atom stereocenters. The molecule has 0 spiro atoms. The Morgan fingerprint density at radius 1 is 0.844 bits per heavy atom. The number of methoxy groups -OCH3 is 2. The highest BCUT2D eigenvalue weighted by molar-refractivity contribution is 6.33. The zero-order valence-electron chi connectivity index (χ0n) is 17.8. The van der Waals surface area contributed by atoms with E-state index in [0.29, 0.717) is 39.0 Å². The zero-order chi connectivity index (χ0) is 23.1. The predicted octanol–water partition coefficient (Wildman–Crippen LogP) is 4.76. The summed E-state index contributed by atoms with van der Waals surface area (Å²) in [5.41, 5.74) is 5.13. The van der Waals surface area contributed by atoms with E-state index in [2.05, 4.69) is 15.8 Å². The lowest BCUT2D eigenvalue weighted by atomic mass is 10.1. The van der Waals surface area contributed by atoms with Crippen LogP contribution in [-0.4, -0.2) is 31.7 Å². The first-order valence-corrected chi connectivity index (χ1v) is 10.0. The zero-order valence-corrected chi connectivity index (χ0v) is 18.6. The summed E-state index contributed by atoms with van der Waals surface area (Å²) in [5, 5.41) is 7.34. The Morgan fingerprint density at radius 2 is 1.59 bits per heavy atom. The molecule has 0 radical (unpaired) electrons. The highest BCUT2D eigenvalue weighted by atomic mass is 35.5. The van der Waals surface area contributed by atoms with Gasteiger partial charge in [0.2, 0.25) is 0 Å². The van der Waals surface area contributed by atoms with Crippen molar-refractivity contribution in [2.45, 2.75) is 6.92 Å². The Bertz CT molecular complexity index is 1180. The number of hydrazone groups is 1. The van der Waals surface area contributed by atoms with Gasteiger partial charge in [0.15, 0.2) is 11.5 Å². The van der Waals surface area contributed by atoms with Gasteiger partial charge in [0, 0.05) is 11.3 Å². The number of rotatable bonds is 7. The number of anilines is 1. The van der Waals surface area contributed by atoms with Crippen molar-refractivity contribution in [1.82, 2.24) is 5.43 Å². The second-order valence-corrected chi connectivity index (χ2v) is 7.13. The van der Waals surface area contributed by atoms with Gasteiger partial charge in [-0.3, -0.25) is 9.59 Å². The molecule has 8 heteroatoms. The molecule has 3 aromatic rings. The van der Waals surface area contributed by atoms with Gasteiger partial charge in [-0.05, 0) is 55.0 Å². The molecule has 3 rings (SSSR count). The van der Waals surface area contributed by atoms with Crippen molar-refractivity contribution in [2.75, 3.05) is 19.5 Å². The van der Waals surface area contributed by atoms with E-state index >= 15 is 0 Å². The molecule has 0 fully saturated rings. The molecule has 32 heavy (non-hydrogen) atoms. The Hall–Kier alpha value is -3.84. The van der Waals surface area contributed by atoms with Crippen molar-refractivity contribution in [1.29, 1.82) is 0 Å². The van der Waals surface area contributed by atoms with Crippen molar-refractivity contribution >= 4 is 34.8 Å². The van der Waals surface area contributed by atoms with Gasteiger partial charge in [0.25, 0.3) is 11.8 Å². The van der Waals surface area contributed by atoms with E-state index in [1.54, 1.807) is 67.6 Å². The van der Waals surface area contributed by atoms with Gasteiger partial charge in [-0.25, -0.2) is 5.43 Å². The number of nitrogens with one attached hydrogen (secondary N) is 2. The Kier molecular flexibility index (Phi) is 7.46. The van der Waals surface area contributed by atoms with E-state index in [9.17, 15) is 9.59 Å². The van der Waals surface area contributed by atoms with Gasteiger partial charge < -0.3 is 14.8 Å². The summed E-state index contributed by atoms with van der Waals surface area (Å²) in [6.07, 6.45) is 0. The van der Waals surface area contributed by atoms with Crippen LogP contribution >= 0.6 is 11.6 Å². The maximum atomic E-state index is 12.7. The number of ether oxygens (including phenoxy) is 2. The van der Waals surface area contributed by atoms with Gasteiger partial charge in [-0.2, -0.15) is 5.10 Å². The Balaban J connectivity index is 1.72. The topological polar surface area (TPSA) is 89.0 Å². The molecule has 0 saturated carbocycles. The number of benzene rings is 3. The number of carbonyl (C=O) groups excluding carboxylic acids is 2. The smallest absolute Gasteiger partial charge is 0.272 e. The predicted molar refractivity (Wildman–Crippen MR) is 125 cm³/mol. The number of hydrogen-bond acceptors (Lipinski definition) is 5. The van der Waals surface area contributed by atoms with Crippen LogP contribution in [0.15, 0.2) is 71.8 Å². The van der Waals surface area contributed by atoms with Gasteiger partial charge in [0.05, 0.1) is 30.5 Å². The summed E-state index contributed by atoms with van der Waals surface area (Å²) in [5.74, 6) is 0.292. The normalized spacial score (nSPS) is 10.9. The van der Waals surface area contributed by atoms with Crippen molar-refractivity contribution in [3.63, 3.8) is 0 Å². The fraction of sp³-hybridized carbons (Fsp3) is 0.125. The first-order valence-electron chi connectivity index (χ1n) is 9.66. The summed E-state index contributed by atoms with van der Waals surface area (Å²) in [6, 6.07) is 18.8. The number of carbonyl (C=O) groups is 2. The molecule has 2 N–H and O–H groups in total. The van der Waals surface area contributed by atoms with Crippen LogP contribution in [0, 0.1) is 0 Å². The fourth-order valence-electron chi connectivity index (χ4n) is 2.91. The second-order valence-electron chi connectivity index (χ2n) is 6.72. The van der Waals surface area contributed by atoms with E-state index in [-0.39, 0.29) is 5.91 Å². The van der Waals surface area contributed by atoms with Gasteiger partial charge in [-0.15, -0.1) is 0 Å². The van der Waals surface area contributed by atoms with Gasteiger partial charge in [-0.1, -0.05) is 35.9 Å². The van der Waals surface area contributed by atoms with Crippen LogP contribution in [0.25, 0.3) is 0 Å². The molecule has 0 aliphatic carbocycles. The van der Waals surface area contributed by atoms with E-state index in [0.717, 1.165) is 5.56 Å². The van der Waals surface area contributed by atoms with Crippen LogP contribution in [0.2, 0.25) is 5.02 Å². The third-order valence-electron chi connectivity index (χ3n) is 4.63.